The van der Waals surface area contributed by atoms with Crippen molar-refractivity contribution in [1.29, 1.82) is 0 Å². The normalized spacial score (nSPS) is 19.7. The van der Waals surface area contributed by atoms with Crippen molar-refractivity contribution in [3.8, 4) is 0 Å². The summed E-state index contributed by atoms with van der Waals surface area (Å²) in [6, 6.07) is 7.64. The van der Waals surface area contributed by atoms with Crippen LogP contribution in [0, 0.1) is 5.41 Å². The second-order valence-corrected chi connectivity index (χ2v) is 8.07. The van der Waals surface area contributed by atoms with Crippen LogP contribution < -0.4 is 21.7 Å². The van der Waals surface area contributed by atoms with Gasteiger partial charge in [-0.25, -0.2) is 4.99 Å². The molecule has 7 heteroatoms. The van der Waals surface area contributed by atoms with E-state index in [-0.39, 0.29) is 11.9 Å². The van der Waals surface area contributed by atoms with Crippen LogP contribution in [-0.2, 0) is 4.79 Å². The maximum Gasteiger partial charge on any atom is 0.229 e. The molecular weight excluding hydrogens is 328 g/mol. The van der Waals surface area contributed by atoms with E-state index < -0.39 is 11.1 Å². The Hall–Kier alpha value is -2.57. The van der Waals surface area contributed by atoms with Gasteiger partial charge in [0.25, 0.3) is 0 Å². The highest BCUT2D eigenvalue weighted by molar-refractivity contribution is 6.05. The molecule has 1 spiro atoms. The van der Waals surface area contributed by atoms with Crippen LogP contribution in [0.15, 0.2) is 34.3 Å². The highest BCUT2D eigenvalue weighted by Gasteiger charge is 2.42. The van der Waals surface area contributed by atoms with E-state index in [2.05, 4.69) is 15.3 Å². The Bertz CT molecular complexity index is 738. The van der Waals surface area contributed by atoms with Crippen LogP contribution in [0.3, 0.4) is 0 Å². The number of amides is 1. The number of nitrogens with zero attached hydrogens (tertiary/aromatic N) is 3. The van der Waals surface area contributed by atoms with Crippen LogP contribution >= 0.6 is 0 Å². The molecule has 0 bridgehead atoms. The predicted octanol–water partition coefficient (Wildman–Crippen LogP) is 2.78. The highest BCUT2D eigenvalue weighted by Crippen LogP contribution is 2.39. The number of nitrogens with one attached hydrogen (secondary N) is 1. The number of anilines is 2. The molecule has 1 amide bonds. The van der Waals surface area contributed by atoms with E-state index in [0.29, 0.717) is 5.96 Å². The van der Waals surface area contributed by atoms with Crippen molar-refractivity contribution in [1.82, 2.24) is 0 Å². The minimum absolute atomic E-state index is 0.0228. The van der Waals surface area contributed by atoms with Crippen molar-refractivity contribution in [2.24, 2.45) is 26.9 Å². The lowest BCUT2D eigenvalue weighted by Gasteiger charge is -2.45. The molecule has 140 valence electrons. The van der Waals surface area contributed by atoms with E-state index in [0.717, 1.165) is 37.1 Å². The third kappa shape index (κ3) is 3.52. The molecule has 1 aliphatic carbocycles. The minimum Gasteiger partial charge on any atom is -0.369 e. The Labute approximate surface area is 154 Å². The van der Waals surface area contributed by atoms with Crippen molar-refractivity contribution in [3.63, 3.8) is 0 Å². The third-order valence-corrected chi connectivity index (χ3v) is 4.92. The van der Waals surface area contributed by atoms with Crippen LogP contribution in [0.2, 0.25) is 0 Å². The average molecular weight is 356 g/mol. The fourth-order valence-corrected chi connectivity index (χ4v) is 3.51. The number of benzene rings is 1. The fourth-order valence-electron chi connectivity index (χ4n) is 3.51. The van der Waals surface area contributed by atoms with Gasteiger partial charge in [-0.2, -0.15) is 4.99 Å². The Balaban J connectivity index is 1.87. The maximum absolute atomic E-state index is 12.2. The molecule has 3 rings (SSSR count). The first kappa shape index (κ1) is 18.2. The molecule has 1 saturated carbocycles. The summed E-state index contributed by atoms with van der Waals surface area (Å²) in [7, 11) is 0. The lowest BCUT2D eigenvalue weighted by Crippen LogP contribution is -2.58. The summed E-state index contributed by atoms with van der Waals surface area (Å²) in [5.74, 6) is 0.589. The van der Waals surface area contributed by atoms with Crippen molar-refractivity contribution in [3.05, 3.63) is 24.3 Å². The zero-order valence-corrected chi connectivity index (χ0v) is 15.7. The quantitative estimate of drug-likeness (QED) is 0.757. The molecule has 0 unspecified atom stereocenters. The number of nitrogens with two attached hydrogens (primary N) is 2. The first-order valence-electron chi connectivity index (χ1n) is 9.13. The monoisotopic (exact) mass is 356 g/mol. The number of aliphatic imine (C=N–C) groups is 2. The molecular formula is C19H28N6O. The van der Waals surface area contributed by atoms with Crippen LogP contribution in [-0.4, -0.2) is 23.5 Å². The largest absolute Gasteiger partial charge is 0.369 e. The minimum atomic E-state index is -0.454. The van der Waals surface area contributed by atoms with Crippen LogP contribution in [0.25, 0.3) is 0 Å². The van der Waals surface area contributed by atoms with Gasteiger partial charge in [-0.3, -0.25) is 9.69 Å². The molecule has 1 fully saturated rings. The molecule has 1 aliphatic heterocycles. The number of hydrogen-bond acceptors (Lipinski definition) is 6. The molecule has 26 heavy (non-hydrogen) atoms. The number of hydrogen-bond donors (Lipinski definition) is 3. The second-order valence-electron chi connectivity index (χ2n) is 8.07. The summed E-state index contributed by atoms with van der Waals surface area (Å²) in [5.41, 5.74) is 12.9. The Morgan fingerprint density at radius 1 is 1.12 bits per heavy atom. The van der Waals surface area contributed by atoms with Gasteiger partial charge in [0, 0.05) is 16.8 Å². The summed E-state index contributed by atoms with van der Waals surface area (Å²) >= 11 is 0. The van der Waals surface area contributed by atoms with Crippen molar-refractivity contribution in [2.75, 3.05) is 10.2 Å². The molecule has 0 saturated heterocycles. The molecule has 0 radical (unpaired) electrons. The zero-order valence-electron chi connectivity index (χ0n) is 15.7. The number of carbonyl (C=O) groups excluding carboxylic acids is 1. The number of rotatable bonds is 2. The van der Waals surface area contributed by atoms with Gasteiger partial charge in [0.2, 0.25) is 17.8 Å². The highest BCUT2D eigenvalue weighted by atomic mass is 16.2. The van der Waals surface area contributed by atoms with E-state index in [1.54, 1.807) is 0 Å². The van der Waals surface area contributed by atoms with E-state index in [1.165, 1.54) is 6.42 Å². The van der Waals surface area contributed by atoms with E-state index in [4.69, 9.17) is 11.5 Å². The Kier molecular flexibility index (Phi) is 4.64. The zero-order chi connectivity index (χ0) is 18.9. The van der Waals surface area contributed by atoms with Crippen molar-refractivity contribution in [2.45, 2.75) is 58.5 Å². The second kappa shape index (κ2) is 6.63. The Morgan fingerprint density at radius 2 is 1.73 bits per heavy atom. The maximum atomic E-state index is 12.2. The average Bonchev–Trinajstić information content (AvgIpc) is 2.55. The topological polar surface area (TPSA) is 109 Å². The number of guanidine groups is 2. The smallest absolute Gasteiger partial charge is 0.229 e. The molecule has 0 atom stereocenters. The van der Waals surface area contributed by atoms with Crippen molar-refractivity contribution < 1.29 is 4.79 Å². The van der Waals surface area contributed by atoms with Gasteiger partial charge in [-0.1, -0.05) is 27.2 Å². The molecule has 7 nitrogen and oxygen atoms in total. The summed E-state index contributed by atoms with van der Waals surface area (Å²) in [4.78, 5) is 23.0. The van der Waals surface area contributed by atoms with Crippen molar-refractivity contribution >= 4 is 29.2 Å². The van der Waals surface area contributed by atoms with Crippen LogP contribution in [0.4, 0.5) is 11.4 Å². The first-order valence-corrected chi connectivity index (χ1v) is 9.13. The standard InChI is InChI=1S/C19H28N6O/c1-18(2,3)15(26)22-13-7-9-14(10-8-13)25-17(21)23-16(20)24-19(25)11-5-4-6-12-19/h7-10H,4-6,11-12H2,1-3H3,(H,22,26)(H4,20,21,23,24). The van der Waals surface area contributed by atoms with Gasteiger partial charge < -0.3 is 16.8 Å². The number of carbonyl (C=O) groups is 1. The molecule has 0 aromatic heterocycles. The fraction of sp³-hybridized carbons (Fsp3) is 0.526. The van der Waals surface area contributed by atoms with Gasteiger partial charge in [-0.05, 0) is 49.9 Å². The van der Waals surface area contributed by atoms with Gasteiger partial charge in [-0.15, -0.1) is 0 Å². The molecule has 5 N–H and O–H groups in total. The van der Waals surface area contributed by atoms with Gasteiger partial charge in [0.05, 0.1) is 0 Å². The summed E-state index contributed by atoms with van der Waals surface area (Å²) < 4.78 is 0. The lowest BCUT2D eigenvalue weighted by atomic mass is 9.87. The van der Waals surface area contributed by atoms with Gasteiger partial charge in [0.1, 0.15) is 5.66 Å². The van der Waals surface area contributed by atoms with Gasteiger partial charge >= 0.3 is 0 Å². The van der Waals surface area contributed by atoms with E-state index in [9.17, 15) is 4.79 Å². The van der Waals surface area contributed by atoms with Crippen LogP contribution in [0.1, 0.15) is 52.9 Å². The molecule has 1 aromatic carbocycles. The van der Waals surface area contributed by atoms with Crippen LogP contribution in [0.5, 0.6) is 0 Å². The molecule has 1 aromatic rings. The first-order chi connectivity index (χ1) is 12.2. The molecule has 1 heterocycles. The van der Waals surface area contributed by atoms with Gasteiger partial charge in [0.15, 0.2) is 0 Å². The van der Waals surface area contributed by atoms with E-state index >= 15 is 0 Å². The SMILES string of the molecule is CC(C)(C)C(=O)Nc1ccc(N2C(N)=NC(N)=NC23CCCCC3)cc1. The summed E-state index contributed by atoms with van der Waals surface area (Å²) in [6.45, 7) is 5.66. The lowest BCUT2D eigenvalue weighted by molar-refractivity contribution is -0.123. The molecule has 2 aliphatic rings. The third-order valence-electron chi connectivity index (χ3n) is 4.92. The predicted molar refractivity (Wildman–Crippen MR) is 106 cm³/mol. The Morgan fingerprint density at radius 3 is 2.31 bits per heavy atom. The van der Waals surface area contributed by atoms with E-state index in [1.807, 2.05) is 49.9 Å². The summed E-state index contributed by atoms with van der Waals surface area (Å²) in [5, 5.41) is 2.93. The summed E-state index contributed by atoms with van der Waals surface area (Å²) in [6.07, 6.45) is 5.15.